The molecular weight excluding hydrogens is 288 g/mol. The molecule has 122 valence electrons. The zero-order chi connectivity index (χ0) is 16.1. The summed E-state index contributed by atoms with van der Waals surface area (Å²) in [4.78, 5) is 12.3. The second kappa shape index (κ2) is 5.36. The second-order valence-electron chi connectivity index (χ2n) is 8.82. The van der Waals surface area contributed by atoms with E-state index in [0.29, 0.717) is 17.6 Å². The Morgan fingerprint density at radius 2 is 1.95 bits per heavy atom. The van der Waals surface area contributed by atoms with Crippen LogP contribution in [0.25, 0.3) is 0 Å². The molecule has 0 amide bonds. The highest BCUT2D eigenvalue weighted by molar-refractivity contribution is 6.74. The zero-order valence-corrected chi connectivity index (χ0v) is 15.7. The van der Waals surface area contributed by atoms with Gasteiger partial charge in [0.15, 0.2) is 5.78 Å². The summed E-state index contributed by atoms with van der Waals surface area (Å²) < 4.78 is 6.73. The summed E-state index contributed by atoms with van der Waals surface area (Å²) in [7, 11) is -1.80. The van der Waals surface area contributed by atoms with Crippen molar-refractivity contribution in [3.8, 4) is 0 Å². The van der Waals surface area contributed by atoms with E-state index >= 15 is 0 Å². The lowest BCUT2D eigenvalue weighted by Crippen LogP contribution is -2.43. The minimum absolute atomic E-state index is 0.224. The van der Waals surface area contributed by atoms with Gasteiger partial charge in [0.05, 0.1) is 5.76 Å². The number of carbonyl (C=O) groups is 1. The number of rotatable bonds is 2. The Balaban J connectivity index is 1.93. The molecule has 0 N–H and O–H groups in total. The van der Waals surface area contributed by atoms with E-state index in [1.165, 1.54) is 30.6 Å². The van der Waals surface area contributed by atoms with Gasteiger partial charge >= 0.3 is 0 Å². The van der Waals surface area contributed by atoms with Crippen LogP contribution in [0.4, 0.5) is 0 Å². The maximum Gasteiger partial charge on any atom is 0.250 e. The molecule has 1 fully saturated rings. The van der Waals surface area contributed by atoms with Crippen LogP contribution in [0.1, 0.15) is 52.9 Å². The van der Waals surface area contributed by atoms with E-state index in [4.69, 9.17) is 4.43 Å². The van der Waals surface area contributed by atoms with Crippen LogP contribution in [0.15, 0.2) is 23.5 Å². The first-order chi connectivity index (χ1) is 10.2. The highest BCUT2D eigenvalue weighted by Gasteiger charge is 2.47. The van der Waals surface area contributed by atoms with Crippen molar-refractivity contribution in [3.05, 3.63) is 23.5 Å². The van der Waals surface area contributed by atoms with Crippen molar-refractivity contribution in [2.24, 2.45) is 17.8 Å². The largest absolute Gasteiger partial charge is 0.547 e. The number of hydrogen-bond donors (Lipinski definition) is 0. The predicted molar refractivity (Wildman–Crippen MR) is 93.0 cm³/mol. The van der Waals surface area contributed by atoms with Crippen LogP contribution >= 0.6 is 0 Å². The Kier molecular flexibility index (Phi) is 3.91. The number of ketones is 1. The molecule has 0 spiro atoms. The van der Waals surface area contributed by atoms with Gasteiger partial charge in [0.1, 0.15) is 0 Å². The molecule has 3 aliphatic carbocycles. The number of allylic oxidation sites excluding steroid dienone is 4. The number of hydrogen-bond acceptors (Lipinski definition) is 2. The van der Waals surface area contributed by atoms with Crippen LogP contribution in [0.3, 0.4) is 0 Å². The Hall–Kier alpha value is -0.833. The fraction of sp³-hybridized carbons (Fsp3) is 0.737. The molecule has 0 heterocycles. The highest BCUT2D eigenvalue weighted by Crippen LogP contribution is 2.50. The summed E-state index contributed by atoms with van der Waals surface area (Å²) in [6, 6.07) is 0. The SMILES string of the molecule is CC(C)(C)[Si](C)(C)OC1=C2CCCC[C@H]2[C@@H]2C(=O)C=C[C@H]2C1. The molecule has 3 heteroatoms. The monoisotopic (exact) mass is 318 g/mol. The van der Waals surface area contributed by atoms with Crippen LogP contribution in [0, 0.1) is 17.8 Å². The summed E-state index contributed by atoms with van der Waals surface area (Å²) in [6.07, 6.45) is 9.77. The van der Waals surface area contributed by atoms with E-state index in [1.807, 2.05) is 6.08 Å². The van der Waals surface area contributed by atoms with Crippen LogP contribution in [0.2, 0.25) is 18.1 Å². The van der Waals surface area contributed by atoms with Crippen molar-refractivity contribution in [3.63, 3.8) is 0 Å². The predicted octanol–water partition coefficient (Wildman–Crippen LogP) is 5.23. The summed E-state index contributed by atoms with van der Waals surface area (Å²) >= 11 is 0. The van der Waals surface area contributed by atoms with Crippen molar-refractivity contribution < 1.29 is 9.22 Å². The van der Waals surface area contributed by atoms with E-state index in [1.54, 1.807) is 0 Å². The van der Waals surface area contributed by atoms with Crippen molar-refractivity contribution in [1.29, 1.82) is 0 Å². The summed E-state index contributed by atoms with van der Waals surface area (Å²) in [5.41, 5.74) is 1.49. The molecule has 0 aromatic rings. The molecule has 3 rings (SSSR count). The minimum Gasteiger partial charge on any atom is -0.547 e. The van der Waals surface area contributed by atoms with Gasteiger partial charge in [-0.1, -0.05) is 33.3 Å². The third-order valence-corrected chi connectivity index (χ3v) is 10.7. The molecule has 0 unspecified atom stereocenters. The van der Waals surface area contributed by atoms with E-state index in [9.17, 15) is 4.79 Å². The van der Waals surface area contributed by atoms with Gasteiger partial charge in [-0.3, -0.25) is 4.79 Å². The van der Waals surface area contributed by atoms with E-state index in [2.05, 4.69) is 39.9 Å². The summed E-state index contributed by atoms with van der Waals surface area (Å²) in [6.45, 7) is 11.6. The molecule has 0 aliphatic heterocycles. The van der Waals surface area contributed by atoms with Gasteiger partial charge in [-0.25, -0.2) is 0 Å². The molecule has 0 bridgehead atoms. The topological polar surface area (TPSA) is 26.3 Å². The molecule has 1 saturated carbocycles. The zero-order valence-electron chi connectivity index (χ0n) is 14.7. The first-order valence-corrected chi connectivity index (χ1v) is 11.7. The first-order valence-electron chi connectivity index (χ1n) is 8.84. The van der Waals surface area contributed by atoms with E-state index in [0.717, 1.165) is 12.8 Å². The van der Waals surface area contributed by atoms with Gasteiger partial charge in [-0.15, -0.1) is 0 Å². The minimum atomic E-state index is -1.80. The van der Waals surface area contributed by atoms with Crippen LogP contribution in [0.5, 0.6) is 0 Å². The van der Waals surface area contributed by atoms with Gasteiger partial charge in [0.2, 0.25) is 8.32 Å². The maximum absolute atomic E-state index is 12.3. The number of carbonyl (C=O) groups excluding carboxylic acids is 1. The number of fused-ring (bicyclic) bond motifs is 3. The Morgan fingerprint density at radius 3 is 2.64 bits per heavy atom. The van der Waals surface area contributed by atoms with Crippen molar-refractivity contribution in [2.45, 2.75) is 71.0 Å². The highest BCUT2D eigenvalue weighted by atomic mass is 28.4. The third kappa shape index (κ3) is 2.62. The lowest BCUT2D eigenvalue weighted by molar-refractivity contribution is -0.120. The van der Waals surface area contributed by atoms with Crippen molar-refractivity contribution in [2.75, 3.05) is 0 Å². The average molecular weight is 319 g/mol. The van der Waals surface area contributed by atoms with Gasteiger partial charge < -0.3 is 4.43 Å². The van der Waals surface area contributed by atoms with Crippen molar-refractivity contribution in [1.82, 2.24) is 0 Å². The molecule has 0 radical (unpaired) electrons. The Bertz CT molecular complexity index is 536. The second-order valence-corrected chi connectivity index (χ2v) is 13.5. The van der Waals surface area contributed by atoms with Crippen molar-refractivity contribution >= 4 is 14.1 Å². The van der Waals surface area contributed by atoms with Crippen LogP contribution in [-0.4, -0.2) is 14.1 Å². The normalized spacial score (nSPS) is 32.0. The fourth-order valence-corrected chi connectivity index (χ4v) is 5.18. The first kappa shape index (κ1) is 16.0. The van der Waals surface area contributed by atoms with Gasteiger partial charge in [0, 0.05) is 12.3 Å². The summed E-state index contributed by atoms with van der Waals surface area (Å²) in [5.74, 6) is 2.69. The third-order valence-electron chi connectivity index (χ3n) is 6.35. The Labute approximate surface area is 136 Å². The van der Waals surface area contributed by atoms with Gasteiger partial charge in [-0.05, 0) is 60.9 Å². The average Bonchev–Trinajstić information content (AvgIpc) is 2.79. The van der Waals surface area contributed by atoms with Gasteiger partial charge in [0.25, 0.3) is 0 Å². The summed E-state index contributed by atoms with van der Waals surface area (Å²) in [5, 5.41) is 0.225. The van der Waals surface area contributed by atoms with Gasteiger partial charge in [-0.2, -0.15) is 0 Å². The van der Waals surface area contributed by atoms with E-state index in [-0.39, 0.29) is 11.0 Å². The maximum atomic E-state index is 12.3. The molecule has 0 saturated heterocycles. The molecule has 0 aromatic carbocycles. The van der Waals surface area contributed by atoms with Crippen LogP contribution in [-0.2, 0) is 9.22 Å². The standard InChI is InChI=1S/C19H30O2Si/c1-19(2,3)22(4,5)21-17-12-13-10-11-16(20)18(13)15-9-7-6-8-14(15)17/h10-11,13,15,18H,6-9,12H2,1-5H3/t13-,15+,18+/m0/s1. The van der Waals surface area contributed by atoms with E-state index < -0.39 is 8.32 Å². The fourth-order valence-electron chi connectivity index (χ4n) is 4.05. The Morgan fingerprint density at radius 1 is 1.23 bits per heavy atom. The molecule has 3 atom stereocenters. The quantitative estimate of drug-likeness (QED) is 0.652. The smallest absolute Gasteiger partial charge is 0.250 e. The molecule has 0 aromatic heterocycles. The lowest BCUT2D eigenvalue weighted by atomic mass is 9.67. The molecular formula is C19H30O2Si. The lowest BCUT2D eigenvalue weighted by Gasteiger charge is -2.44. The van der Waals surface area contributed by atoms with Crippen LogP contribution < -0.4 is 0 Å². The molecule has 3 aliphatic rings. The molecule has 2 nitrogen and oxygen atoms in total. The molecule has 22 heavy (non-hydrogen) atoms.